The van der Waals surface area contributed by atoms with E-state index in [0.717, 1.165) is 17.9 Å². The molecule has 630 valence electrons. The van der Waals surface area contributed by atoms with Gasteiger partial charge in [-0.3, -0.25) is 0 Å². The van der Waals surface area contributed by atoms with Crippen LogP contribution >= 0.6 is 0 Å². The van der Waals surface area contributed by atoms with Crippen molar-refractivity contribution in [3.63, 3.8) is 0 Å². The summed E-state index contributed by atoms with van der Waals surface area (Å²) in [7, 11) is 34.0. The molecule has 0 aliphatic heterocycles. The van der Waals surface area contributed by atoms with Crippen LogP contribution in [0.5, 0.6) is 0 Å². The van der Waals surface area contributed by atoms with Crippen LogP contribution in [0.25, 0.3) is 0 Å². The first kappa shape index (κ1) is 120. The van der Waals surface area contributed by atoms with Gasteiger partial charge in [0.25, 0.3) is 0 Å². The normalized spacial score (nSPS) is 15.3. The van der Waals surface area contributed by atoms with Crippen molar-refractivity contribution in [1.82, 2.24) is 0 Å². The van der Waals surface area contributed by atoms with Crippen molar-refractivity contribution < 1.29 is 303 Å². The van der Waals surface area contributed by atoms with Crippen LogP contribution in [0.1, 0.15) is 0 Å². The number of halogens is 48. The molecule has 0 aromatic rings. The largest absolute Gasteiger partial charge is 2.00 e. The first-order valence-electron chi connectivity index (χ1n) is 22.9. The molecule has 0 N–H and O–H groups in total. The second-order valence-corrected chi connectivity index (χ2v) is 24.1. The van der Waals surface area contributed by atoms with Crippen molar-refractivity contribution >= 4 is 0 Å². The third-order valence-corrected chi connectivity index (χ3v) is 8.37. The summed E-state index contributed by atoms with van der Waals surface area (Å²) < 4.78 is 576. The molecule has 0 amide bonds. The van der Waals surface area contributed by atoms with Crippen LogP contribution in [-0.4, -0.2) is 274 Å². The summed E-state index contributed by atoms with van der Waals surface area (Å²) >= 11 is 0. The molecule has 62 heteroatoms. The van der Waals surface area contributed by atoms with Crippen molar-refractivity contribution in [2.24, 2.45) is 0 Å². The van der Waals surface area contributed by atoms with Gasteiger partial charge in [0.1, 0.15) is 0 Å². The zero-order valence-electron chi connectivity index (χ0n) is 51.9. The molecule has 0 saturated carbocycles. The fourth-order valence-electron chi connectivity index (χ4n) is 4.48. The van der Waals surface area contributed by atoms with Crippen LogP contribution < -0.4 is 40.9 Å². The van der Waals surface area contributed by atoms with Gasteiger partial charge in [-0.15, -0.1) is 0 Å². The fourth-order valence-corrected chi connectivity index (χ4v) is 4.48. The Morgan fingerprint density at radius 3 is 0.147 bits per heavy atom. The minimum atomic E-state index is -7.86. The minimum Gasteiger partial charge on any atom is -0.837 e. The van der Waals surface area contributed by atoms with Crippen LogP contribution in [0.2, 0.25) is 0 Å². The molecule has 0 aliphatic rings. The van der Waals surface area contributed by atoms with E-state index in [2.05, 4.69) is 113 Å². The summed E-state index contributed by atoms with van der Waals surface area (Å²) in [5.74, 6) is 0. The van der Waals surface area contributed by atoms with Crippen molar-refractivity contribution in [1.29, 1.82) is 0 Å². The van der Waals surface area contributed by atoms with Gasteiger partial charge in [0.05, 0.1) is 158 Å². The van der Waals surface area contributed by atoms with Gasteiger partial charge in [-0.1, -0.05) is 0 Å². The predicted octanol–water partition coefficient (Wildman–Crippen LogP) is 7.02. The van der Waals surface area contributed by atoms with Crippen LogP contribution in [0.3, 0.4) is 0 Å². The Morgan fingerprint density at radius 1 is 0.118 bits per heavy atom. The van der Waals surface area contributed by atoms with E-state index in [0.29, 0.717) is 0 Å². The topological polar surface area (TPSA) is 184 Å². The molecule has 0 unspecified atom stereocenters. The van der Waals surface area contributed by atoms with E-state index < -0.39 is 144 Å². The molecule has 0 rings (SSSR count). The molecular formula is C40H48Co2F48N4O8. The summed E-state index contributed by atoms with van der Waals surface area (Å²) in [4.78, 5) is 0. The summed E-state index contributed by atoms with van der Waals surface area (Å²) in [6, 6.07) is 0. The minimum absolute atomic E-state index is 0. The standard InChI is InChI=1S/4C6F12O2.4C4H12N.2Co/c4*7-3(8,9)1(19,4(10,11)12)2(20,5(13,14)15)6(16,17)18;4*1-5(2,3)4;;/h;;;;4*1-4H3;;/q4*-2;4*+1;2*+2. The predicted molar refractivity (Wildman–Crippen MR) is 215 cm³/mol. The van der Waals surface area contributed by atoms with E-state index in [1.165, 1.54) is 0 Å². The Balaban J connectivity index is -0.000000126. The van der Waals surface area contributed by atoms with E-state index in [1.807, 2.05) is 0 Å². The van der Waals surface area contributed by atoms with Gasteiger partial charge in [0, 0.05) is 0 Å². The molecule has 0 heterocycles. The second kappa shape index (κ2) is 34.0. The summed E-state index contributed by atoms with van der Waals surface area (Å²) in [5, 5.41) is 83.7. The maximum absolute atomic E-state index is 11.9. The summed E-state index contributed by atoms with van der Waals surface area (Å²) in [6.45, 7) is 0. The van der Waals surface area contributed by atoms with Crippen molar-refractivity contribution in [3.8, 4) is 0 Å². The number of nitrogens with zero attached hydrogens (tertiary/aromatic N) is 4. The fraction of sp³-hybridized carbons (Fsp3) is 1.00. The molecule has 0 aromatic heterocycles. The molecule has 0 bridgehead atoms. The SMILES string of the molecule is C[N+](C)(C)C.C[N+](C)(C)C.C[N+](C)(C)C.C[N+](C)(C)C.[Co+2].[Co+2].[O-]C(C(F)(F)F)(C(F)(F)F)C([O-])(C(F)(F)F)C(F)(F)F.[O-]C(C(F)(F)F)(C(F)(F)F)C([O-])(C(F)(F)F)C(F)(F)F.[O-]C(C(F)(F)F)(C(F)(F)F)C([O-])(C(F)(F)F)C(F)(F)F.[O-]C(C(F)(F)F)(C(F)(F)F)C([O-])(C(F)(F)F)C(F)(F)F. The van der Waals surface area contributed by atoms with Gasteiger partial charge < -0.3 is 58.8 Å². The Labute approximate surface area is 559 Å². The molecular weight excluding hydrogens is 1690 g/mol. The van der Waals surface area contributed by atoms with Gasteiger partial charge >= 0.3 is 132 Å². The Hall–Kier alpha value is -2.83. The van der Waals surface area contributed by atoms with Crippen molar-refractivity contribution in [3.05, 3.63) is 0 Å². The molecule has 2 radical (unpaired) electrons. The van der Waals surface area contributed by atoms with Crippen LogP contribution in [0.4, 0.5) is 211 Å². The van der Waals surface area contributed by atoms with E-state index in [4.69, 9.17) is 0 Å². The summed E-state index contributed by atoms with van der Waals surface area (Å²) in [5.41, 5.74) is -62.9. The van der Waals surface area contributed by atoms with E-state index in [-0.39, 0.29) is 33.6 Å². The molecule has 0 atom stereocenters. The molecule has 12 nitrogen and oxygen atoms in total. The number of quaternary nitrogens is 4. The molecule has 0 fully saturated rings. The molecule has 0 spiro atoms. The third kappa shape index (κ3) is 28.6. The van der Waals surface area contributed by atoms with Gasteiger partial charge in [0.15, 0.2) is 0 Å². The van der Waals surface area contributed by atoms with Crippen LogP contribution in [0.15, 0.2) is 0 Å². The van der Waals surface area contributed by atoms with Gasteiger partial charge in [-0.05, 0) is 0 Å². The van der Waals surface area contributed by atoms with Gasteiger partial charge in [-0.2, -0.15) is 211 Å². The smallest absolute Gasteiger partial charge is 0.837 e. The molecule has 0 saturated heterocycles. The maximum atomic E-state index is 11.9. The zero-order valence-corrected chi connectivity index (χ0v) is 53.9. The van der Waals surface area contributed by atoms with Crippen LogP contribution in [0, 0.1) is 0 Å². The number of alkyl halides is 48. The average molecular weight is 1740 g/mol. The molecule has 0 aliphatic carbocycles. The Bertz CT molecular complexity index is 1830. The van der Waals surface area contributed by atoms with E-state index in [9.17, 15) is 252 Å². The first-order chi connectivity index (χ1) is 41.0. The quantitative estimate of drug-likeness (QED) is 0.213. The van der Waals surface area contributed by atoms with Crippen LogP contribution in [-0.2, 0) is 33.6 Å². The van der Waals surface area contributed by atoms with E-state index in [1.54, 1.807) is 0 Å². The molecule has 0 aromatic carbocycles. The number of hydrogen-bond acceptors (Lipinski definition) is 8. The van der Waals surface area contributed by atoms with Crippen molar-refractivity contribution in [2.45, 2.75) is 144 Å². The zero-order chi connectivity index (χ0) is 86.0. The second-order valence-electron chi connectivity index (χ2n) is 24.1. The number of rotatable bonds is 4. The first-order valence-corrected chi connectivity index (χ1v) is 22.9. The Kier molecular flexibility index (Phi) is 40.0. The van der Waals surface area contributed by atoms with Crippen molar-refractivity contribution in [2.75, 3.05) is 113 Å². The van der Waals surface area contributed by atoms with Gasteiger partial charge in [0.2, 0.25) is 0 Å². The number of hydrogen-bond donors (Lipinski definition) is 0. The van der Waals surface area contributed by atoms with E-state index >= 15 is 0 Å². The average Bonchev–Trinajstić information content (AvgIpc) is 0.719. The summed E-state index contributed by atoms with van der Waals surface area (Å²) in [6.07, 6.45) is -123. The maximum Gasteiger partial charge on any atom is 2.00 e. The van der Waals surface area contributed by atoms with Gasteiger partial charge in [-0.25, -0.2) is 0 Å². The third-order valence-electron chi connectivity index (χ3n) is 8.37. The Morgan fingerprint density at radius 2 is 0.137 bits per heavy atom. The molecule has 102 heavy (non-hydrogen) atoms. The monoisotopic (exact) mass is 1740 g/mol.